The monoisotopic (exact) mass is 243 g/mol. The van der Waals surface area contributed by atoms with Crippen molar-refractivity contribution in [3.63, 3.8) is 0 Å². The molecule has 0 aromatic carbocycles. The molecule has 0 bridgehead atoms. The summed E-state index contributed by atoms with van der Waals surface area (Å²) in [6.45, 7) is 3.32. The third-order valence-electron chi connectivity index (χ3n) is 3.70. The molecule has 1 aliphatic carbocycles. The predicted molar refractivity (Wildman–Crippen MR) is 67.9 cm³/mol. The standard InChI is InChI=1S/C13H17N5/c14-7-11-3-5-15-13(17-11)16-8-10-4-6-18(9-10)12-1-2-12/h3,5,10,12H,1-2,4,6,8-9H2,(H,15,16,17). The van der Waals surface area contributed by atoms with Crippen molar-refractivity contribution in [2.75, 3.05) is 25.0 Å². The first kappa shape index (κ1) is 11.4. The zero-order valence-electron chi connectivity index (χ0n) is 10.3. The van der Waals surface area contributed by atoms with Crippen LogP contribution in [0.15, 0.2) is 12.3 Å². The molecule has 0 amide bonds. The maximum Gasteiger partial charge on any atom is 0.223 e. The van der Waals surface area contributed by atoms with Crippen molar-refractivity contribution in [3.05, 3.63) is 18.0 Å². The Morgan fingerprint density at radius 1 is 1.44 bits per heavy atom. The van der Waals surface area contributed by atoms with Crippen LogP contribution in [-0.2, 0) is 0 Å². The van der Waals surface area contributed by atoms with Gasteiger partial charge < -0.3 is 10.2 Å². The van der Waals surface area contributed by atoms with Gasteiger partial charge in [0.25, 0.3) is 0 Å². The summed E-state index contributed by atoms with van der Waals surface area (Å²) < 4.78 is 0. The van der Waals surface area contributed by atoms with Crippen molar-refractivity contribution in [2.24, 2.45) is 5.92 Å². The van der Waals surface area contributed by atoms with E-state index in [1.54, 1.807) is 12.3 Å². The van der Waals surface area contributed by atoms with E-state index in [1.165, 1.54) is 32.4 Å². The summed E-state index contributed by atoms with van der Waals surface area (Å²) in [6.07, 6.45) is 5.64. The van der Waals surface area contributed by atoms with Gasteiger partial charge in [-0.25, -0.2) is 9.97 Å². The zero-order valence-corrected chi connectivity index (χ0v) is 10.3. The molecule has 5 heteroatoms. The van der Waals surface area contributed by atoms with Crippen LogP contribution < -0.4 is 5.32 Å². The molecular formula is C13H17N5. The molecule has 1 aliphatic heterocycles. The molecule has 1 N–H and O–H groups in total. The lowest BCUT2D eigenvalue weighted by Crippen LogP contribution is -2.25. The van der Waals surface area contributed by atoms with E-state index in [4.69, 9.17) is 5.26 Å². The maximum atomic E-state index is 8.77. The first-order valence-corrected chi connectivity index (χ1v) is 6.56. The molecule has 1 aromatic rings. The van der Waals surface area contributed by atoms with Crippen LogP contribution in [-0.4, -0.2) is 40.5 Å². The first-order chi connectivity index (χ1) is 8.85. The third-order valence-corrected chi connectivity index (χ3v) is 3.70. The van der Waals surface area contributed by atoms with Crippen molar-refractivity contribution < 1.29 is 0 Å². The Morgan fingerprint density at radius 2 is 2.33 bits per heavy atom. The molecule has 94 valence electrons. The number of hydrogen-bond donors (Lipinski definition) is 1. The van der Waals surface area contributed by atoms with E-state index < -0.39 is 0 Å². The van der Waals surface area contributed by atoms with Crippen molar-refractivity contribution in [2.45, 2.75) is 25.3 Å². The summed E-state index contributed by atoms with van der Waals surface area (Å²) >= 11 is 0. The number of anilines is 1. The van der Waals surface area contributed by atoms with Gasteiger partial charge in [-0.2, -0.15) is 5.26 Å². The minimum Gasteiger partial charge on any atom is -0.354 e. The fourth-order valence-corrected chi connectivity index (χ4v) is 2.54. The highest BCUT2D eigenvalue weighted by Gasteiger charge is 2.34. The lowest BCUT2D eigenvalue weighted by Gasteiger charge is -2.15. The van der Waals surface area contributed by atoms with Crippen molar-refractivity contribution in [3.8, 4) is 6.07 Å². The quantitative estimate of drug-likeness (QED) is 0.862. The predicted octanol–water partition coefficient (Wildman–Crippen LogP) is 1.24. The van der Waals surface area contributed by atoms with E-state index in [2.05, 4.69) is 20.2 Å². The minimum absolute atomic E-state index is 0.415. The highest BCUT2D eigenvalue weighted by Crippen LogP contribution is 2.31. The number of rotatable bonds is 4. The van der Waals surface area contributed by atoms with Crippen LogP contribution in [0.4, 0.5) is 5.95 Å². The van der Waals surface area contributed by atoms with E-state index in [1.807, 2.05) is 6.07 Å². The second-order valence-corrected chi connectivity index (χ2v) is 5.14. The van der Waals surface area contributed by atoms with Crippen LogP contribution in [0.1, 0.15) is 25.0 Å². The average Bonchev–Trinajstić information content (AvgIpc) is 3.16. The average molecular weight is 243 g/mol. The second kappa shape index (κ2) is 4.91. The van der Waals surface area contributed by atoms with E-state index in [9.17, 15) is 0 Å². The Kier molecular flexibility index (Phi) is 3.11. The molecule has 1 saturated carbocycles. The van der Waals surface area contributed by atoms with Gasteiger partial charge in [-0.3, -0.25) is 0 Å². The van der Waals surface area contributed by atoms with Gasteiger partial charge in [-0.15, -0.1) is 0 Å². The van der Waals surface area contributed by atoms with E-state index in [-0.39, 0.29) is 0 Å². The van der Waals surface area contributed by atoms with Gasteiger partial charge in [0.15, 0.2) is 0 Å². The van der Waals surface area contributed by atoms with Gasteiger partial charge in [0.2, 0.25) is 5.95 Å². The SMILES string of the molecule is N#Cc1ccnc(NCC2CCN(C3CC3)C2)n1. The summed E-state index contributed by atoms with van der Waals surface area (Å²) in [5.41, 5.74) is 0.415. The van der Waals surface area contributed by atoms with Gasteiger partial charge in [0.05, 0.1) is 0 Å². The molecule has 0 radical (unpaired) electrons. The lowest BCUT2D eigenvalue weighted by molar-refractivity contribution is 0.316. The number of hydrogen-bond acceptors (Lipinski definition) is 5. The first-order valence-electron chi connectivity index (χ1n) is 6.56. The molecule has 2 aliphatic rings. The Labute approximate surface area is 107 Å². The summed E-state index contributed by atoms with van der Waals surface area (Å²) in [7, 11) is 0. The molecule has 2 heterocycles. The van der Waals surface area contributed by atoms with Crippen LogP contribution in [0.3, 0.4) is 0 Å². The molecule has 0 spiro atoms. The molecule has 18 heavy (non-hydrogen) atoms. The molecular weight excluding hydrogens is 226 g/mol. The Balaban J connectivity index is 1.50. The lowest BCUT2D eigenvalue weighted by atomic mass is 10.1. The molecule has 3 rings (SSSR count). The van der Waals surface area contributed by atoms with Crippen LogP contribution in [0, 0.1) is 17.2 Å². The van der Waals surface area contributed by atoms with Crippen LogP contribution in [0.25, 0.3) is 0 Å². The van der Waals surface area contributed by atoms with Gasteiger partial charge >= 0.3 is 0 Å². The fraction of sp³-hybridized carbons (Fsp3) is 0.615. The van der Waals surface area contributed by atoms with Crippen LogP contribution >= 0.6 is 0 Å². The van der Waals surface area contributed by atoms with Gasteiger partial charge in [0, 0.05) is 25.3 Å². The smallest absolute Gasteiger partial charge is 0.223 e. The summed E-state index contributed by atoms with van der Waals surface area (Å²) in [4.78, 5) is 10.8. The van der Waals surface area contributed by atoms with Crippen molar-refractivity contribution in [1.29, 1.82) is 5.26 Å². The molecule has 5 nitrogen and oxygen atoms in total. The molecule has 2 fully saturated rings. The summed E-state index contributed by atoms with van der Waals surface area (Å²) in [5, 5.41) is 12.0. The maximum absolute atomic E-state index is 8.77. The molecule has 1 aromatic heterocycles. The second-order valence-electron chi connectivity index (χ2n) is 5.14. The number of nitrogens with one attached hydrogen (secondary N) is 1. The molecule has 1 saturated heterocycles. The number of likely N-dealkylation sites (tertiary alicyclic amines) is 1. The highest BCUT2D eigenvalue weighted by molar-refractivity contribution is 5.30. The van der Waals surface area contributed by atoms with E-state index in [0.717, 1.165) is 12.6 Å². The topological polar surface area (TPSA) is 64.8 Å². The Bertz CT molecular complexity index is 463. The van der Waals surface area contributed by atoms with Crippen molar-refractivity contribution in [1.82, 2.24) is 14.9 Å². The van der Waals surface area contributed by atoms with Gasteiger partial charge in [-0.1, -0.05) is 0 Å². The Hall–Kier alpha value is -1.67. The largest absolute Gasteiger partial charge is 0.354 e. The number of nitrogens with zero attached hydrogens (tertiary/aromatic N) is 4. The minimum atomic E-state index is 0.415. The van der Waals surface area contributed by atoms with Crippen LogP contribution in [0.5, 0.6) is 0 Å². The van der Waals surface area contributed by atoms with E-state index in [0.29, 0.717) is 17.6 Å². The molecule has 1 atom stereocenters. The van der Waals surface area contributed by atoms with Crippen molar-refractivity contribution >= 4 is 5.95 Å². The van der Waals surface area contributed by atoms with E-state index >= 15 is 0 Å². The normalized spacial score (nSPS) is 23.8. The highest BCUT2D eigenvalue weighted by atomic mass is 15.2. The van der Waals surface area contributed by atoms with Gasteiger partial charge in [-0.05, 0) is 37.8 Å². The number of aromatic nitrogens is 2. The molecule has 1 unspecified atom stereocenters. The van der Waals surface area contributed by atoms with Crippen LogP contribution in [0.2, 0.25) is 0 Å². The third kappa shape index (κ3) is 2.59. The zero-order chi connectivity index (χ0) is 12.4. The Morgan fingerprint density at radius 3 is 3.11 bits per heavy atom. The number of nitriles is 1. The summed E-state index contributed by atoms with van der Waals surface area (Å²) in [6, 6.07) is 4.52. The van der Waals surface area contributed by atoms with Gasteiger partial charge in [0.1, 0.15) is 11.8 Å². The summed E-state index contributed by atoms with van der Waals surface area (Å²) in [5.74, 6) is 1.25. The fourth-order valence-electron chi connectivity index (χ4n) is 2.54.